The van der Waals surface area contributed by atoms with Gasteiger partial charge in [-0.15, -0.1) is 0 Å². The maximum Gasteiger partial charge on any atom is 0.143 e. The fourth-order valence-corrected chi connectivity index (χ4v) is 3.70. The smallest absolute Gasteiger partial charge is 0.143 e. The van der Waals surface area contributed by atoms with Crippen molar-refractivity contribution >= 4 is 0 Å². The molecular weight excluding hydrogens is 336 g/mol. The number of hydrogen-bond acceptors (Lipinski definition) is 4. The van der Waals surface area contributed by atoms with Gasteiger partial charge in [0.15, 0.2) is 0 Å². The van der Waals surface area contributed by atoms with Crippen molar-refractivity contribution in [3.8, 4) is 16.9 Å². The maximum absolute atomic E-state index is 5.62. The Labute approximate surface area is 157 Å². The van der Waals surface area contributed by atoms with Gasteiger partial charge in [-0.05, 0) is 23.8 Å². The van der Waals surface area contributed by atoms with Crippen LogP contribution in [-0.4, -0.2) is 26.4 Å². The zero-order valence-corrected chi connectivity index (χ0v) is 15.0. The molecule has 3 heterocycles. The van der Waals surface area contributed by atoms with E-state index >= 15 is 0 Å². The average Bonchev–Trinajstić information content (AvgIpc) is 3.39. The first kappa shape index (κ1) is 16.0. The number of hydrogen-bond donors (Lipinski definition) is 0. The van der Waals surface area contributed by atoms with E-state index in [0.29, 0.717) is 0 Å². The highest BCUT2D eigenvalue weighted by molar-refractivity contribution is 5.63. The van der Waals surface area contributed by atoms with E-state index < -0.39 is 0 Å². The monoisotopic (exact) mass is 356 g/mol. The molecule has 5 rings (SSSR count). The van der Waals surface area contributed by atoms with Crippen LogP contribution < -0.4 is 0 Å². The molecule has 134 valence electrons. The zero-order valence-electron chi connectivity index (χ0n) is 15.0. The van der Waals surface area contributed by atoms with Crippen molar-refractivity contribution in [3.63, 3.8) is 0 Å². The van der Waals surface area contributed by atoms with Gasteiger partial charge in [0.25, 0.3) is 0 Å². The van der Waals surface area contributed by atoms with Crippen LogP contribution in [0.3, 0.4) is 0 Å². The van der Waals surface area contributed by atoms with Crippen molar-refractivity contribution in [2.45, 2.75) is 19.5 Å². The van der Waals surface area contributed by atoms with Gasteiger partial charge in [-0.1, -0.05) is 47.6 Å². The quantitative estimate of drug-likeness (QED) is 0.553. The molecule has 0 bridgehead atoms. The van der Waals surface area contributed by atoms with Crippen LogP contribution >= 0.6 is 0 Å². The molecule has 0 amide bonds. The molecular formula is C22H20N4O. The second-order valence-corrected chi connectivity index (χ2v) is 6.88. The molecule has 0 fully saturated rings. The summed E-state index contributed by atoms with van der Waals surface area (Å²) in [5.41, 5.74) is 5.68. The summed E-state index contributed by atoms with van der Waals surface area (Å²) in [6, 6.07) is 20.8. The van der Waals surface area contributed by atoms with Crippen LogP contribution in [0.25, 0.3) is 16.9 Å². The number of fused-ring (bicyclic) bond motifs is 1. The number of aromatic nitrogens is 3. The van der Waals surface area contributed by atoms with E-state index in [-0.39, 0.29) is 0 Å². The third-order valence-electron chi connectivity index (χ3n) is 5.04. The number of rotatable bonds is 4. The highest BCUT2D eigenvalue weighted by atomic mass is 16.5. The van der Waals surface area contributed by atoms with Crippen molar-refractivity contribution < 1.29 is 4.52 Å². The first-order valence-corrected chi connectivity index (χ1v) is 9.21. The summed E-state index contributed by atoms with van der Waals surface area (Å²) in [6.07, 6.45) is 4.67. The second-order valence-electron chi connectivity index (χ2n) is 6.88. The molecule has 1 aliphatic rings. The van der Waals surface area contributed by atoms with Crippen LogP contribution in [0.4, 0.5) is 0 Å². The topological polar surface area (TPSA) is 47.1 Å². The highest BCUT2D eigenvalue weighted by Gasteiger charge is 2.24. The largest absolute Gasteiger partial charge is 0.360 e. The zero-order chi connectivity index (χ0) is 18.1. The Morgan fingerprint density at radius 2 is 1.93 bits per heavy atom. The lowest BCUT2D eigenvalue weighted by atomic mass is 10.0. The van der Waals surface area contributed by atoms with E-state index in [1.165, 1.54) is 11.1 Å². The normalized spacial score (nSPS) is 14.2. The van der Waals surface area contributed by atoms with Gasteiger partial charge in [0, 0.05) is 49.6 Å². The minimum atomic E-state index is 0.856. The summed E-state index contributed by atoms with van der Waals surface area (Å²) in [6.45, 7) is 2.73. The fourth-order valence-electron chi connectivity index (χ4n) is 3.70. The van der Waals surface area contributed by atoms with Crippen molar-refractivity contribution in [2.24, 2.45) is 0 Å². The predicted octanol–water partition coefficient (Wildman–Crippen LogP) is 4.09. The molecule has 2 aromatic heterocycles. The highest BCUT2D eigenvalue weighted by Crippen LogP contribution is 2.30. The van der Waals surface area contributed by atoms with Gasteiger partial charge >= 0.3 is 0 Å². The van der Waals surface area contributed by atoms with Gasteiger partial charge in [0.1, 0.15) is 11.5 Å². The molecule has 5 nitrogen and oxygen atoms in total. The molecule has 27 heavy (non-hydrogen) atoms. The Morgan fingerprint density at radius 3 is 2.78 bits per heavy atom. The van der Waals surface area contributed by atoms with Crippen LogP contribution in [0.1, 0.15) is 16.9 Å². The van der Waals surface area contributed by atoms with Crippen molar-refractivity contribution in [3.05, 3.63) is 89.9 Å². The van der Waals surface area contributed by atoms with E-state index in [9.17, 15) is 0 Å². The van der Waals surface area contributed by atoms with E-state index in [1.54, 1.807) is 6.20 Å². The number of benzene rings is 2. The Bertz CT molecular complexity index is 1040. The third-order valence-corrected chi connectivity index (χ3v) is 5.04. The van der Waals surface area contributed by atoms with Gasteiger partial charge < -0.3 is 4.52 Å². The Morgan fingerprint density at radius 1 is 1.00 bits per heavy atom. The lowest BCUT2D eigenvalue weighted by Gasteiger charge is -2.26. The van der Waals surface area contributed by atoms with E-state index in [0.717, 1.165) is 48.8 Å². The SMILES string of the molecule is c1ccc(-c2noc3c2CN(Cc2cccc(-n4cccn4)c2)CC3)cc1. The average molecular weight is 356 g/mol. The Kier molecular flexibility index (Phi) is 4.07. The second kappa shape index (κ2) is 6.85. The van der Waals surface area contributed by atoms with Crippen molar-refractivity contribution in [2.75, 3.05) is 6.54 Å². The van der Waals surface area contributed by atoms with E-state index in [1.807, 2.05) is 35.1 Å². The molecule has 0 saturated carbocycles. The van der Waals surface area contributed by atoms with Crippen molar-refractivity contribution in [1.82, 2.24) is 19.8 Å². The van der Waals surface area contributed by atoms with Gasteiger partial charge in [-0.25, -0.2) is 4.68 Å². The Hall–Kier alpha value is -3.18. The van der Waals surface area contributed by atoms with Gasteiger partial charge in [0.2, 0.25) is 0 Å². The first-order chi connectivity index (χ1) is 13.4. The molecule has 0 aliphatic carbocycles. The van der Waals surface area contributed by atoms with E-state index in [4.69, 9.17) is 4.52 Å². The van der Waals surface area contributed by atoms with Crippen LogP contribution in [0.5, 0.6) is 0 Å². The maximum atomic E-state index is 5.62. The molecule has 4 aromatic rings. The molecule has 0 unspecified atom stereocenters. The third kappa shape index (κ3) is 3.17. The predicted molar refractivity (Wildman–Crippen MR) is 103 cm³/mol. The van der Waals surface area contributed by atoms with Crippen LogP contribution in [0.2, 0.25) is 0 Å². The summed E-state index contributed by atoms with van der Waals surface area (Å²) in [7, 11) is 0. The summed E-state index contributed by atoms with van der Waals surface area (Å²) in [4.78, 5) is 2.45. The molecule has 0 saturated heterocycles. The lowest BCUT2D eigenvalue weighted by molar-refractivity contribution is 0.228. The van der Waals surface area contributed by atoms with Gasteiger partial charge in [0.05, 0.1) is 5.69 Å². The molecule has 1 aliphatic heterocycles. The standard InChI is InChI=1S/C22H20N4O/c1-2-7-18(8-3-1)22-20-16-25(13-10-21(20)27-24-22)15-17-6-4-9-19(14-17)26-12-5-11-23-26/h1-9,11-12,14H,10,13,15-16H2. The molecule has 0 N–H and O–H groups in total. The minimum Gasteiger partial charge on any atom is -0.360 e. The lowest BCUT2D eigenvalue weighted by Crippen LogP contribution is -2.29. The summed E-state index contributed by atoms with van der Waals surface area (Å²) >= 11 is 0. The molecule has 2 aromatic carbocycles. The van der Waals surface area contributed by atoms with Gasteiger partial charge in [-0.2, -0.15) is 5.10 Å². The molecule has 0 spiro atoms. The summed E-state index contributed by atoms with van der Waals surface area (Å²) < 4.78 is 7.51. The van der Waals surface area contributed by atoms with E-state index in [2.05, 4.69) is 51.6 Å². The van der Waals surface area contributed by atoms with Crippen LogP contribution in [0.15, 0.2) is 77.6 Å². The molecule has 5 heteroatoms. The van der Waals surface area contributed by atoms with Crippen LogP contribution in [0, 0.1) is 0 Å². The summed E-state index contributed by atoms with van der Waals surface area (Å²) in [5, 5.41) is 8.67. The fraction of sp³-hybridized carbons (Fsp3) is 0.182. The Balaban J connectivity index is 1.37. The first-order valence-electron chi connectivity index (χ1n) is 9.21. The molecule has 0 atom stereocenters. The molecule has 0 radical (unpaired) electrons. The number of nitrogens with zero attached hydrogens (tertiary/aromatic N) is 4. The summed E-state index contributed by atoms with van der Waals surface area (Å²) in [5.74, 6) is 1.02. The van der Waals surface area contributed by atoms with Gasteiger partial charge in [-0.3, -0.25) is 4.90 Å². The van der Waals surface area contributed by atoms with Crippen LogP contribution in [-0.2, 0) is 19.5 Å². The van der Waals surface area contributed by atoms with Crippen molar-refractivity contribution in [1.29, 1.82) is 0 Å². The minimum absolute atomic E-state index is 0.856.